The molecule has 15 heavy (non-hydrogen) atoms. The van der Waals surface area contributed by atoms with Crippen LogP contribution < -0.4 is 0 Å². The Bertz CT molecular complexity index is 481. The monoisotopic (exact) mass is 241 g/mol. The SMILES string of the molecule is CCc1cnc(-c2ccc(Cl)cc2F)s1. The van der Waals surface area contributed by atoms with Crippen LogP contribution in [0.15, 0.2) is 24.4 Å². The molecule has 1 heterocycles. The molecule has 2 rings (SSSR count). The maximum absolute atomic E-state index is 13.5. The standard InChI is InChI=1S/C11H9ClFNS/c1-2-8-6-14-11(15-8)9-4-3-7(12)5-10(9)13/h3-6H,2H2,1H3. The second-order valence-corrected chi connectivity index (χ2v) is 4.66. The fraction of sp³-hybridized carbons (Fsp3) is 0.182. The van der Waals surface area contributed by atoms with Crippen LogP contribution in [0.3, 0.4) is 0 Å². The van der Waals surface area contributed by atoms with E-state index in [9.17, 15) is 4.39 Å². The molecular weight excluding hydrogens is 233 g/mol. The molecule has 0 bridgehead atoms. The first-order valence-electron chi connectivity index (χ1n) is 4.61. The summed E-state index contributed by atoms with van der Waals surface area (Å²) in [6, 6.07) is 4.65. The van der Waals surface area contributed by atoms with E-state index in [1.807, 2.05) is 0 Å². The zero-order valence-electron chi connectivity index (χ0n) is 8.13. The highest BCUT2D eigenvalue weighted by Gasteiger charge is 2.09. The molecule has 0 saturated heterocycles. The van der Waals surface area contributed by atoms with Crippen molar-refractivity contribution in [2.24, 2.45) is 0 Å². The van der Waals surface area contributed by atoms with E-state index in [-0.39, 0.29) is 5.82 Å². The summed E-state index contributed by atoms with van der Waals surface area (Å²) in [7, 11) is 0. The largest absolute Gasteiger partial charge is 0.244 e. The van der Waals surface area contributed by atoms with Crippen molar-refractivity contribution in [3.05, 3.63) is 40.1 Å². The van der Waals surface area contributed by atoms with E-state index >= 15 is 0 Å². The molecule has 0 aliphatic rings. The Morgan fingerprint density at radius 3 is 2.87 bits per heavy atom. The zero-order valence-corrected chi connectivity index (χ0v) is 9.70. The number of rotatable bonds is 2. The second kappa shape index (κ2) is 4.29. The van der Waals surface area contributed by atoms with Crippen LogP contribution in [-0.4, -0.2) is 4.98 Å². The van der Waals surface area contributed by atoms with Gasteiger partial charge in [0, 0.05) is 21.7 Å². The highest BCUT2D eigenvalue weighted by atomic mass is 35.5. The summed E-state index contributed by atoms with van der Waals surface area (Å²) in [5.74, 6) is -0.320. The van der Waals surface area contributed by atoms with Crippen molar-refractivity contribution in [3.63, 3.8) is 0 Å². The van der Waals surface area contributed by atoms with E-state index in [2.05, 4.69) is 11.9 Å². The lowest BCUT2D eigenvalue weighted by molar-refractivity contribution is 0.631. The normalized spacial score (nSPS) is 10.6. The number of aromatic nitrogens is 1. The molecule has 0 aliphatic heterocycles. The van der Waals surface area contributed by atoms with Gasteiger partial charge in [0.2, 0.25) is 0 Å². The van der Waals surface area contributed by atoms with E-state index in [1.54, 1.807) is 18.3 Å². The molecule has 78 valence electrons. The zero-order chi connectivity index (χ0) is 10.8. The molecule has 1 aromatic heterocycles. The van der Waals surface area contributed by atoms with E-state index in [4.69, 9.17) is 11.6 Å². The number of aryl methyl sites for hydroxylation is 1. The molecule has 2 aromatic rings. The lowest BCUT2D eigenvalue weighted by Crippen LogP contribution is -1.82. The Hall–Kier alpha value is -0.930. The van der Waals surface area contributed by atoms with Crippen molar-refractivity contribution in [3.8, 4) is 10.6 Å². The van der Waals surface area contributed by atoms with Crippen molar-refractivity contribution in [2.75, 3.05) is 0 Å². The summed E-state index contributed by atoms with van der Waals surface area (Å²) in [4.78, 5) is 5.34. The maximum Gasteiger partial charge on any atom is 0.134 e. The van der Waals surface area contributed by atoms with Crippen molar-refractivity contribution in [1.82, 2.24) is 4.98 Å². The van der Waals surface area contributed by atoms with E-state index in [0.29, 0.717) is 15.6 Å². The minimum atomic E-state index is -0.320. The Morgan fingerprint density at radius 1 is 1.47 bits per heavy atom. The molecule has 0 spiro atoms. The van der Waals surface area contributed by atoms with E-state index in [1.165, 1.54) is 17.4 Å². The quantitative estimate of drug-likeness (QED) is 0.769. The van der Waals surface area contributed by atoms with E-state index < -0.39 is 0 Å². The molecule has 0 amide bonds. The van der Waals surface area contributed by atoms with E-state index in [0.717, 1.165) is 11.3 Å². The minimum absolute atomic E-state index is 0.320. The van der Waals surface area contributed by atoms with Gasteiger partial charge in [0.15, 0.2) is 0 Å². The first kappa shape index (κ1) is 10.6. The molecule has 1 nitrogen and oxygen atoms in total. The molecule has 1 aromatic carbocycles. The first-order chi connectivity index (χ1) is 7.20. The van der Waals surface area contributed by atoms with Crippen LogP contribution in [0.5, 0.6) is 0 Å². The molecule has 0 N–H and O–H groups in total. The topological polar surface area (TPSA) is 12.9 Å². The summed E-state index contributed by atoms with van der Waals surface area (Å²) in [6.45, 7) is 2.05. The van der Waals surface area contributed by atoms with Crippen LogP contribution in [0.25, 0.3) is 10.6 Å². The van der Waals surface area contributed by atoms with Gasteiger partial charge in [-0.3, -0.25) is 0 Å². The summed E-state index contributed by atoms with van der Waals surface area (Å²) < 4.78 is 13.5. The summed E-state index contributed by atoms with van der Waals surface area (Å²) in [6.07, 6.45) is 2.71. The molecule has 4 heteroatoms. The Labute approximate surface area is 96.5 Å². The molecule has 0 saturated carbocycles. The Balaban J connectivity index is 2.44. The minimum Gasteiger partial charge on any atom is -0.244 e. The molecule has 0 aliphatic carbocycles. The van der Waals surface area contributed by atoms with Gasteiger partial charge < -0.3 is 0 Å². The molecular formula is C11H9ClFNS. The molecule has 0 atom stereocenters. The average Bonchev–Trinajstić information content (AvgIpc) is 2.66. The van der Waals surface area contributed by atoms with Gasteiger partial charge >= 0.3 is 0 Å². The third kappa shape index (κ3) is 2.19. The molecule has 0 unspecified atom stereocenters. The number of hydrogen-bond donors (Lipinski definition) is 0. The highest BCUT2D eigenvalue weighted by Crippen LogP contribution is 2.29. The van der Waals surface area contributed by atoms with Crippen molar-refractivity contribution in [1.29, 1.82) is 0 Å². The Morgan fingerprint density at radius 2 is 2.27 bits per heavy atom. The lowest BCUT2D eigenvalue weighted by Gasteiger charge is -1.98. The number of benzene rings is 1. The van der Waals surface area contributed by atoms with Gasteiger partial charge in [-0.2, -0.15) is 0 Å². The fourth-order valence-corrected chi connectivity index (χ4v) is 2.30. The van der Waals surface area contributed by atoms with Gasteiger partial charge in [-0.15, -0.1) is 11.3 Å². The third-order valence-corrected chi connectivity index (χ3v) is 3.47. The smallest absolute Gasteiger partial charge is 0.134 e. The first-order valence-corrected chi connectivity index (χ1v) is 5.80. The van der Waals surface area contributed by atoms with Gasteiger partial charge in [0.25, 0.3) is 0 Å². The maximum atomic E-state index is 13.5. The van der Waals surface area contributed by atoms with Crippen LogP contribution in [0, 0.1) is 5.82 Å². The van der Waals surface area contributed by atoms with Gasteiger partial charge in [0.1, 0.15) is 10.8 Å². The number of thiazole rings is 1. The lowest BCUT2D eigenvalue weighted by atomic mass is 10.2. The van der Waals surface area contributed by atoms with Crippen LogP contribution >= 0.6 is 22.9 Å². The molecule has 0 fully saturated rings. The van der Waals surface area contributed by atoms with Gasteiger partial charge in [-0.05, 0) is 24.6 Å². The van der Waals surface area contributed by atoms with Crippen LogP contribution in [0.2, 0.25) is 5.02 Å². The van der Waals surface area contributed by atoms with Crippen molar-refractivity contribution < 1.29 is 4.39 Å². The van der Waals surface area contributed by atoms with Crippen LogP contribution in [0.1, 0.15) is 11.8 Å². The Kier molecular flexibility index (Phi) is 3.03. The number of halogens is 2. The predicted molar refractivity (Wildman–Crippen MR) is 61.9 cm³/mol. The highest BCUT2D eigenvalue weighted by molar-refractivity contribution is 7.15. The van der Waals surface area contributed by atoms with Crippen molar-refractivity contribution in [2.45, 2.75) is 13.3 Å². The van der Waals surface area contributed by atoms with Gasteiger partial charge in [0.05, 0.1) is 0 Å². The molecule has 0 radical (unpaired) electrons. The second-order valence-electron chi connectivity index (χ2n) is 3.11. The number of nitrogens with zero attached hydrogens (tertiary/aromatic N) is 1. The van der Waals surface area contributed by atoms with Crippen molar-refractivity contribution >= 4 is 22.9 Å². The summed E-state index contributed by atoms with van der Waals surface area (Å²) in [5, 5.41) is 1.12. The third-order valence-electron chi connectivity index (χ3n) is 2.06. The average molecular weight is 242 g/mol. The number of hydrogen-bond acceptors (Lipinski definition) is 2. The van der Waals surface area contributed by atoms with Gasteiger partial charge in [-0.1, -0.05) is 18.5 Å². The summed E-state index contributed by atoms with van der Waals surface area (Å²) in [5.41, 5.74) is 0.518. The summed E-state index contributed by atoms with van der Waals surface area (Å²) >= 11 is 7.19. The van der Waals surface area contributed by atoms with Crippen LogP contribution in [0.4, 0.5) is 4.39 Å². The predicted octanol–water partition coefficient (Wildman–Crippen LogP) is 4.17. The van der Waals surface area contributed by atoms with Gasteiger partial charge in [-0.25, -0.2) is 9.37 Å². The fourth-order valence-electron chi connectivity index (χ4n) is 1.26. The van der Waals surface area contributed by atoms with Crippen LogP contribution in [-0.2, 0) is 6.42 Å².